The fourth-order valence-electron chi connectivity index (χ4n) is 3.12. The third-order valence-corrected chi connectivity index (χ3v) is 8.16. The summed E-state index contributed by atoms with van der Waals surface area (Å²) in [6.07, 6.45) is -3.71. The zero-order valence-electron chi connectivity index (χ0n) is 18.9. The Labute approximate surface area is 198 Å². The van der Waals surface area contributed by atoms with E-state index < -0.39 is 60.3 Å². The molecule has 0 aromatic carbocycles. The second-order valence-corrected chi connectivity index (χ2v) is 11.1. The lowest BCUT2D eigenvalue weighted by molar-refractivity contribution is -0.250. The average Bonchev–Trinajstić information content (AvgIpc) is 3.13. The van der Waals surface area contributed by atoms with E-state index in [2.05, 4.69) is 18.1 Å². The zero-order valence-corrected chi connectivity index (χ0v) is 21.6. The van der Waals surface area contributed by atoms with Crippen LogP contribution in [0, 0.1) is 0 Å². The molecule has 3 heterocycles. The number of likely N-dealkylation sites (N-methyl/N-ethyl adjacent to an activating group) is 1. The minimum atomic E-state index is -6.09. The van der Waals surface area contributed by atoms with E-state index in [0.29, 0.717) is 12.4 Å². The van der Waals surface area contributed by atoms with Crippen LogP contribution in [0.2, 0.25) is 0 Å². The lowest BCUT2D eigenvalue weighted by Gasteiger charge is -2.33. The Morgan fingerprint density at radius 1 is 1.11 bits per heavy atom. The number of carbonyl (C=O) groups excluding carboxylic acids is 1. The largest absolute Gasteiger partial charge is 0.756 e. The van der Waals surface area contributed by atoms with Crippen molar-refractivity contribution in [2.24, 2.45) is 4.99 Å². The number of nitrogens with zero attached hydrogens (tertiary/aromatic N) is 2. The SMILES string of the molecule is CN1CC=C2C(=O)C([C@H]3O[C@H](COP(=O)([O-])OP(=O)([O-])OP(=O)([O-])O)[C@@H](O)[C@H]3O)=CN=C21.[NH4+].[NH4+].[NH4+]. The molecule has 7 atom stereocenters. The van der Waals surface area contributed by atoms with Crippen LogP contribution in [0.25, 0.3) is 0 Å². The molecule has 3 aliphatic rings. The number of rotatable bonds is 8. The first kappa shape index (κ1) is 33.8. The summed E-state index contributed by atoms with van der Waals surface area (Å²) in [5.41, 5.74) is 0.149. The molecule has 0 aliphatic carbocycles. The highest BCUT2D eigenvalue weighted by Crippen LogP contribution is 2.61. The number of aliphatic hydroxyl groups is 2. The summed E-state index contributed by atoms with van der Waals surface area (Å²) < 4.78 is 49.4. The minimum Gasteiger partial charge on any atom is -0.756 e. The number of phosphoric ester groups is 1. The fraction of sp³-hybridized carbons (Fsp3) is 0.538. The summed E-state index contributed by atoms with van der Waals surface area (Å²) >= 11 is 0. The first-order valence-corrected chi connectivity index (χ1v) is 13.0. The number of aliphatic hydroxyl groups excluding tert-OH is 2. The van der Waals surface area contributed by atoms with Crippen molar-refractivity contribution in [1.82, 2.24) is 23.4 Å². The normalized spacial score (nSPS) is 30.7. The van der Waals surface area contributed by atoms with Crippen LogP contribution in [-0.2, 0) is 36.4 Å². The highest BCUT2D eigenvalue weighted by atomic mass is 31.3. The van der Waals surface area contributed by atoms with Crippen LogP contribution in [0.3, 0.4) is 0 Å². The predicted octanol–water partition coefficient (Wildman–Crippen LogP) is -2.21. The molecule has 0 saturated carbocycles. The van der Waals surface area contributed by atoms with Gasteiger partial charge in [-0.15, -0.1) is 0 Å². The molecule has 19 nitrogen and oxygen atoms in total. The highest BCUT2D eigenvalue weighted by Gasteiger charge is 2.48. The Balaban J connectivity index is 0.00000385. The second-order valence-electron chi connectivity index (χ2n) is 6.76. The van der Waals surface area contributed by atoms with Gasteiger partial charge in [0.05, 0.1) is 17.8 Å². The molecule has 0 spiro atoms. The van der Waals surface area contributed by atoms with Crippen molar-refractivity contribution in [2.45, 2.75) is 24.4 Å². The van der Waals surface area contributed by atoms with Gasteiger partial charge in [0, 0.05) is 19.8 Å². The molecule has 0 radical (unpaired) electrons. The maximum absolute atomic E-state index is 12.7. The number of hydrogen-bond acceptors (Lipinski definition) is 15. The van der Waals surface area contributed by atoms with Crippen molar-refractivity contribution in [3.05, 3.63) is 23.4 Å². The van der Waals surface area contributed by atoms with E-state index in [4.69, 9.17) is 9.63 Å². The summed E-state index contributed by atoms with van der Waals surface area (Å²) in [6.45, 7) is -0.663. The van der Waals surface area contributed by atoms with Crippen LogP contribution in [-0.4, -0.2) is 76.2 Å². The van der Waals surface area contributed by atoms with Gasteiger partial charge in [0.1, 0.15) is 30.3 Å². The van der Waals surface area contributed by atoms with E-state index in [0.717, 1.165) is 6.20 Å². The lowest BCUT2D eigenvalue weighted by atomic mass is 9.94. The van der Waals surface area contributed by atoms with E-state index in [1.165, 1.54) is 0 Å². The van der Waals surface area contributed by atoms with Gasteiger partial charge < -0.3 is 62.4 Å². The molecule has 3 aliphatic heterocycles. The molecule has 0 aromatic rings. The highest BCUT2D eigenvalue weighted by molar-refractivity contribution is 7.65. The molecular formula is C13H28N5O14P3. The van der Waals surface area contributed by atoms with Gasteiger partial charge in [0.15, 0.2) is 5.78 Å². The van der Waals surface area contributed by atoms with Gasteiger partial charge >= 0.3 is 0 Å². The molecule has 1 fully saturated rings. The van der Waals surface area contributed by atoms with Gasteiger partial charge in [-0.25, -0.2) is 13.6 Å². The maximum Gasteiger partial charge on any atom is 0.280 e. The molecule has 22 heteroatoms. The van der Waals surface area contributed by atoms with Crippen LogP contribution < -0.4 is 33.1 Å². The summed E-state index contributed by atoms with van der Waals surface area (Å²) in [4.78, 5) is 60.1. The Kier molecular flexibility index (Phi) is 11.5. The van der Waals surface area contributed by atoms with E-state index in [9.17, 15) is 43.4 Å². The Hall–Kier alpha value is -1.21. The molecule has 15 N–H and O–H groups in total. The molecule has 0 amide bonds. The van der Waals surface area contributed by atoms with Crippen molar-refractivity contribution in [1.29, 1.82) is 0 Å². The standard InChI is InChI=1S/C13H19N2O14P3.3H3N/c1-15-3-2-6-9(16)7(4-14-13(6)15)12-11(18)10(17)8(27-12)5-26-31(22,23)29-32(24,25)28-30(19,20)21;;;/h2,4,8,10-12,17-18H,3,5H2,1H3,(H,22,23)(H,24,25)(H2,19,20,21);3*1H3/t8-,10-,11-,12-;;;/m1.../s1. The van der Waals surface area contributed by atoms with Crippen molar-refractivity contribution in [3.63, 3.8) is 0 Å². The van der Waals surface area contributed by atoms with Crippen LogP contribution in [0.4, 0.5) is 0 Å². The van der Waals surface area contributed by atoms with Crippen molar-refractivity contribution >= 4 is 35.1 Å². The van der Waals surface area contributed by atoms with E-state index in [1.54, 1.807) is 18.0 Å². The quantitative estimate of drug-likeness (QED) is 0.168. The van der Waals surface area contributed by atoms with E-state index in [1.807, 2.05) is 0 Å². The van der Waals surface area contributed by atoms with Crippen LogP contribution >= 0.6 is 23.5 Å². The number of hydrogen-bond donors (Lipinski definition) is 6. The number of fused-ring (bicyclic) bond motifs is 1. The van der Waals surface area contributed by atoms with Gasteiger partial charge in [-0.3, -0.25) is 18.5 Å². The first-order chi connectivity index (χ1) is 14.6. The van der Waals surface area contributed by atoms with Gasteiger partial charge in [-0.2, -0.15) is 0 Å². The third-order valence-electron chi connectivity index (χ3n) is 4.47. The monoisotopic (exact) mass is 571 g/mol. The van der Waals surface area contributed by atoms with Crippen LogP contribution in [0.1, 0.15) is 0 Å². The minimum absolute atomic E-state index is 0. The number of Topliss-reactive ketones (excluding diaryl/α,β-unsaturated/α-hetero) is 1. The van der Waals surface area contributed by atoms with Crippen LogP contribution in [0.15, 0.2) is 28.4 Å². The molecule has 204 valence electrons. The van der Waals surface area contributed by atoms with Crippen LogP contribution in [0.5, 0.6) is 0 Å². The summed E-state index contributed by atoms with van der Waals surface area (Å²) in [6, 6.07) is 0. The number of ether oxygens (including phenoxy) is 1. The molecule has 0 aromatic heterocycles. The summed E-state index contributed by atoms with van der Waals surface area (Å²) in [7, 11) is -16.1. The zero-order chi connectivity index (χ0) is 24.1. The molecule has 35 heavy (non-hydrogen) atoms. The number of aliphatic imine (C=N–C) groups is 1. The Morgan fingerprint density at radius 3 is 2.29 bits per heavy atom. The van der Waals surface area contributed by atoms with E-state index >= 15 is 0 Å². The number of carbonyl (C=O) groups is 1. The predicted molar refractivity (Wildman–Crippen MR) is 113 cm³/mol. The van der Waals surface area contributed by atoms with Gasteiger partial charge in [-0.1, -0.05) is 6.08 Å². The van der Waals surface area contributed by atoms with Crippen molar-refractivity contribution in [3.8, 4) is 0 Å². The maximum atomic E-state index is 12.7. The number of ketones is 1. The Bertz CT molecular complexity index is 1040. The number of quaternary nitrogens is 3. The van der Waals surface area contributed by atoms with Gasteiger partial charge in [-0.05, 0) is 0 Å². The molecule has 3 unspecified atom stereocenters. The van der Waals surface area contributed by atoms with Crippen molar-refractivity contribution in [2.75, 3.05) is 20.2 Å². The molecule has 1 saturated heterocycles. The summed E-state index contributed by atoms with van der Waals surface area (Å²) in [5.74, 6) is -0.114. The molecular weight excluding hydrogens is 543 g/mol. The second kappa shape index (κ2) is 11.9. The van der Waals surface area contributed by atoms with Gasteiger partial charge in [0.25, 0.3) is 23.5 Å². The first-order valence-electron chi connectivity index (χ1n) is 8.59. The molecule has 0 bridgehead atoms. The number of amidine groups is 1. The van der Waals surface area contributed by atoms with Gasteiger partial charge in [0.2, 0.25) is 0 Å². The topological polar surface area (TPSA) is 360 Å². The van der Waals surface area contributed by atoms with E-state index in [-0.39, 0.29) is 29.6 Å². The average molecular weight is 571 g/mol. The number of phosphoric acid groups is 3. The third kappa shape index (κ3) is 7.88. The smallest absolute Gasteiger partial charge is 0.280 e. The fourth-order valence-corrected chi connectivity index (χ4v) is 6.01. The van der Waals surface area contributed by atoms with Crippen molar-refractivity contribution < 1.29 is 66.2 Å². The lowest BCUT2D eigenvalue weighted by Crippen LogP contribution is -2.37. The molecule has 3 rings (SSSR count). The summed E-state index contributed by atoms with van der Waals surface area (Å²) in [5, 5.41) is 20.4. The Morgan fingerprint density at radius 2 is 1.71 bits per heavy atom.